The van der Waals surface area contributed by atoms with Crippen molar-refractivity contribution in [3.05, 3.63) is 0 Å². The summed E-state index contributed by atoms with van der Waals surface area (Å²) in [5, 5.41) is 5.12. The molecule has 2 amide bonds. The van der Waals surface area contributed by atoms with Gasteiger partial charge in [0.1, 0.15) is 17.7 Å². The van der Waals surface area contributed by atoms with Crippen LogP contribution in [0.3, 0.4) is 0 Å². The van der Waals surface area contributed by atoms with Crippen molar-refractivity contribution in [2.75, 3.05) is 6.61 Å². The lowest BCUT2D eigenvalue weighted by Gasteiger charge is -2.32. The highest BCUT2D eigenvalue weighted by Crippen LogP contribution is 2.20. The highest BCUT2D eigenvalue weighted by molar-refractivity contribution is 5.90. The van der Waals surface area contributed by atoms with Gasteiger partial charge in [0.15, 0.2) is 0 Å². The lowest BCUT2D eigenvalue weighted by Crippen LogP contribution is -2.56. The van der Waals surface area contributed by atoms with Gasteiger partial charge in [0.25, 0.3) is 0 Å². The zero-order valence-electron chi connectivity index (χ0n) is 15.4. The number of nitrogens with one attached hydrogen (secondary N) is 2. The van der Waals surface area contributed by atoms with E-state index in [1.807, 2.05) is 20.8 Å². The third-order valence-corrected chi connectivity index (χ3v) is 2.79. The first-order valence-corrected chi connectivity index (χ1v) is 7.74. The molecule has 0 aliphatic rings. The highest BCUT2D eigenvalue weighted by Gasteiger charge is 2.35. The minimum atomic E-state index is -0.853. The molecule has 2 atom stereocenters. The first-order valence-electron chi connectivity index (χ1n) is 7.74. The van der Waals surface area contributed by atoms with Crippen molar-refractivity contribution in [2.45, 2.75) is 73.1 Å². The van der Waals surface area contributed by atoms with Crippen LogP contribution in [0.2, 0.25) is 0 Å². The number of esters is 1. The second-order valence-electron chi connectivity index (χ2n) is 7.43. The molecule has 0 heterocycles. The van der Waals surface area contributed by atoms with Crippen LogP contribution >= 0.6 is 0 Å². The quantitative estimate of drug-likeness (QED) is 0.752. The van der Waals surface area contributed by atoms with Gasteiger partial charge < -0.3 is 20.1 Å². The van der Waals surface area contributed by atoms with Crippen LogP contribution in [0.4, 0.5) is 4.79 Å². The summed E-state index contributed by atoms with van der Waals surface area (Å²) in [5.41, 5.74) is -1.23. The van der Waals surface area contributed by atoms with E-state index in [0.717, 1.165) is 0 Å². The molecule has 0 aliphatic heterocycles. The van der Waals surface area contributed by atoms with E-state index in [0.29, 0.717) is 0 Å². The molecule has 23 heavy (non-hydrogen) atoms. The summed E-state index contributed by atoms with van der Waals surface area (Å²) in [6.07, 6.45) is -0.684. The lowest BCUT2D eigenvalue weighted by atomic mass is 9.86. The molecule has 0 aromatic carbocycles. The summed E-state index contributed by atoms with van der Waals surface area (Å²) in [5.74, 6) is -0.991. The molecule has 0 fully saturated rings. The molecule has 0 bridgehead atoms. The molecular formula is C16H30N2O5. The number of rotatable bonds is 5. The SMILES string of the molecule is CCOC(=O)[C@H](C)NC(=O)[C@@H](NC(=O)OC(C)(C)C)C(C)(C)C. The van der Waals surface area contributed by atoms with E-state index in [-0.39, 0.29) is 6.61 Å². The summed E-state index contributed by atoms with van der Waals surface area (Å²) in [7, 11) is 0. The molecule has 0 spiro atoms. The van der Waals surface area contributed by atoms with Gasteiger partial charge in [0.05, 0.1) is 6.61 Å². The third kappa shape index (κ3) is 8.42. The Morgan fingerprint density at radius 3 is 1.91 bits per heavy atom. The van der Waals surface area contributed by atoms with Crippen molar-refractivity contribution in [1.29, 1.82) is 0 Å². The molecule has 0 saturated heterocycles. The van der Waals surface area contributed by atoms with Crippen molar-refractivity contribution >= 4 is 18.0 Å². The number of carbonyl (C=O) groups excluding carboxylic acids is 3. The highest BCUT2D eigenvalue weighted by atomic mass is 16.6. The molecule has 0 aromatic rings. The van der Waals surface area contributed by atoms with Crippen molar-refractivity contribution in [1.82, 2.24) is 10.6 Å². The Hall–Kier alpha value is -1.79. The van der Waals surface area contributed by atoms with E-state index in [4.69, 9.17) is 9.47 Å². The van der Waals surface area contributed by atoms with Crippen LogP contribution in [0, 0.1) is 5.41 Å². The second-order valence-corrected chi connectivity index (χ2v) is 7.43. The van der Waals surface area contributed by atoms with Crippen LogP contribution in [0.5, 0.6) is 0 Å². The standard InChI is InChI=1S/C16H30N2O5/c1-9-22-13(20)10(2)17-12(19)11(15(3,4)5)18-14(21)23-16(6,7)8/h10-11H,9H2,1-8H3,(H,17,19)(H,18,21)/t10-,11+/m0/s1. The van der Waals surface area contributed by atoms with Crippen LogP contribution in [-0.4, -0.2) is 42.3 Å². The molecule has 0 aliphatic carbocycles. The van der Waals surface area contributed by atoms with Crippen molar-refractivity contribution < 1.29 is 23.9 Å². The van der Waals surface area contributed by atoms with E-state index in [1.54, 1.807) is 27.7 Å². The van der Waals surface area contributed by atoms with Gasteiger partial charge in [-0.1, -0.05) is 20.8 Å². The van der Waals surface area contributed by atoms with E-state index < -0.39 is 41.1 Å². The molecule has 0 radical (unpaired) electrons. The number of hydrogen-bond acceptors (Lipinski definition) is 5. The summed E-state index contributed by atoms with van der Waals surface area (Å²) in [4.78, 5) is 36.0. The molecule has 7 nitrogen and oxygen atoms in total. The van der Waals surface area contributed by atoms with Gasteiger partial charge >= 0.3 is 12.1 Å². The fourth-order valence-electron chi connectivity index (χ4n) is 1.72. The predicted molar refractivity (Wildman–Crippen MR) is 86.9 cm³/mol. The van der Waals surface area contributed by atoms with Crippen molar-refractivity contribution in [3.8, 4) is 0 Å². The fraction of sp³-hybridized carbons (Fsp3) is 0.812. The third-order valence-electron chi connectivity index (χ3n) is 2.79. The van der Waals surface area contributed by atoms with Crippen LogP contribution in [0.1, 0.15) is 55.4 Å². The van der Waals surface area contributed by atoms with Gasteiger partial charge in [-0.2, -0.15) is 0 Å². The minimum absolute atomic E-state index is 0.234. The molecule has 0 rings (SSSR count). The molecule has 0 saturated carbocycles. The van der Waals surface area contributed by atoms with Gasteiger partial charge in [-0.05, 0) is 40.0 Å². The summed E-state index contributed by atoms with van der Waals surface area (Å²) >= 11 is 0. The Morgan fingerprint density at radius 2 is 1.52 bits per heavy atom. The van der Waals surface area contributed by atoms with Crippen LogP contribution in [0.15, 0.2) is 0 Å². The Morgan fingerprint density at radius 1 is 1.00 bits per heavy atom. The van der Waals surface area contributed by atoms with Gasteiger partial charge in [-0.15, -0.1) is 0 Å². The summed E-state index contributed by atoms with van der Waals surface area (Å²) in [6, 6.07) is -1.65. The van der Waals surface area contributed by atoms with Crippen molar-refractivity contribution in [2.24, 2.45) is 5.41 Å². The maximum absolute atomic E-state index is 12.4. The summed E-state index contributed by atoms with van der Waals surface area (Å²) in [6.45, 7) is 14.1. The molecular weight excluding hydrogens is 300 g/mol. The number of hydrogen-bond donors (Lipinski definition) is 2. The zero-order chi connectivity index (χ0) is 18.4. The average Bonchev–Trinajstić information content (AvgIpc) is 2.32. The van der Waals surface area contributed by atoms with Crippen LogP contribution < -0.4 is 10.6 Å². The van der Waals surface area contributed by atoms with Gasteiger partial charge in [0.2, 0.25) is 5.91 Å². The normalized spacial score (nSPS) is 14.4. The maximum atomic E-state index is 12.4. The van der Waals surface area contributed by atoms with Gasteiger partial charge in [0, 0.05) is 0 Å². The van der Waals surface area contributed by atoms with Crippen molar-refractivity contribution in [3.63, 3.8) is 0 Å². The van der Waals surface area contributed by atoms with Gasteiger partial charge in [-0.25, -0.2) is 9.59 Å². The molecule has 134 valence electrons. The number of ether oxygens (including phenoxy) is 2. The molecule has 2 N–H and O–H groups in total. The smallest absolute Gasteiger partial charge is 0.408 e. The molecule has 0 aromatic heterocycles. The number of carbonyl (C=O) groups is 3. The summed E-state index contributed by atoms with van der Waals surface area (Å²) < 4.78 is 10.0. The zero-order valence-corrected chi connectivity index (χ0v) is 15.4. The van der Waals surface area contributed by atoms with Crippen LogP contribution in [0.25, 0.3) is 0 Å². The monoisotopic (exact) mass is 330 g/mol. The van der Waals surface area contributed by atoms with E-state index in [2.05, 4.69) is 10.6 Å². The Labute approximate surface area is 138 Å². The van der Waals surface area contributed by atoms with E-state index in [1.165, 1.54) is 6.92 Å². The second kappa shape index (κ2) is 8.17. The average molecular weight is 330 g/mol. The Bertz CT molecular complexity index is 435. The first kappa shape index (κ1) is 21.2. The van der Waals surface area contributed by atoms with Crippen LogP contribution in [-0.2, 0) is 19.1 Å². The Kier molecular flexibility index (Phi) is 7.54. The largest absolute Gasteiger partial charge is 0.464 e. The van der Waals surface area contributed by atoms with Gasteiger partial charge in [-0.3, -0.25) is 4.79 Å². The molecule has 7 heteroatoms. The lowest BCUT2D eigenvalue weighted by molar-refractivity contribution is -0.147. The topological polar surface area (TPSA) is 93.7 Å². The first-order chi connectivity index (χ1) is 10.3. The Balaban J connectivity index is 4.95. The number of amides is 2. The van der Waals surface area contributed by atoms with E-state index >= 15 is 0 Å². The fourth-order valence-corrected chi connectivity index (χ4v) is 1.72. The minimum Gasteiger partial charge on any atom is -0.464 e. The number of alkyl carbamates (subject to hydrolysis) is 1. The molecule has 0 unspecified atom stereocenters. The predicted octanol–water partition coefficient (Wildman–Crippen LogP) is 1.99. The maximum Gasteiger partial charge on any atom is 0.408 e. The van der Waals surface area contributed by atoms with E-state index in [9.17, 15) is 14.4 Å².